The normalized spacial score (nSPS) is 23.6. The van der Waals surface area contributed by atoms with Crippen LogP contribution in [-0.4, -0.2) is 45.5 Å². The smallest absolute Gasteiger partial charge is 0.410 e. The van der Waals surface area contributed by atoms with Gasteiger partial charge in [-0.1, -0.05) is 12.8 Å². The highest BCUT2D eigenvalue weighted by Gasteiger charge is 2.49. The highest BCUT2D eigenvalue weighted by Crippen LogP contribution is 2.43. The van der Waals surface area contributed by atoms with Crippen LogP contribution >= 0.6 is 12.8 Å². The van der Waals surface area contributed by atoms with E-state index in [1.165, 1.54) is 5.69 Å². The second-order valence-corrected chi connectivity index (χ2v) is 7.46. The molecular formula is C15H24N4O2S. The van der Waals surface area contributed by atoms with E-state index >= 15 is 0 Å². The average Bonchev–Trinajstić information content (AvgIpc) is 3.00. The van der Waals surface area contributed by atoms with Crippen LogP contribution in [0.1, 0.15) is 39.3 Å². The molecule has 122 valence electrons. The molecule has 0 bridgehead atoms. The summed E-state index contributed by atoms with van der Waals surface area (Å²) in [4.78, 5) is 14.0. The number of fused-ring (bicyclic) bond motifs is 2. The second kappa shape index (κ2) is 5.45. The van der Waals surface area contributed by atoms with Crippen molar-refractivity contribution in [1.82, 2.24) is 19.4 Å². The van der Waals surface area contributed by atoms with E-state index in [-0.39, 0.29) is 17.6 Å². The summed E-state index contributed by atoms with van der Waals surface area (Å²) in [5.41, 5.74) is 0.812. The van der Waals surface area contributed by atoms with Gasteiger partial charge in [0, 0.05) is 36.4 Å². The molecule has 3 heterocycles. The maximum atomic E-state index is 12.2. The molecule has 1 saturated heterocycles. The first kappa shape index (κ1) is 15.7. The number of hydrogen-bond donors (Lipinski definition) is 2. The van der Waals surface area contributed by atoms with Gasteiger partial charge in [-0.15, -0.1) is 0 Å². The van der Waals surface area contributed by atoms with Crippen molar-refractivity contribution >= 4 is 18.9 Å². The Morgan fingerprint density at radius 3 is 2.73 bits per heavy atom. The first-order valence-electron chi connectivity index (χ1n) is 7.75. The highest BCUT2D eigenvalue weighted by molar-refractivity contribution is 7.78. The summed E-state index contributed by atoms with van der Waals surface area (Å²) >= 11 is 4.30. The molecule has 1 fully saturated rings. The third-order valence-electron chi connectivity index (χ3n) is 4.71. The van der Waals surface area contributed by atoms with Gasteiger partial charge in [-0.25, -0.2) is 4.79 Å². The lowest BCUT2D eigenvalue weighted by Gasteiger charge is -2.42. The van der Waals surface area contributed by atoms with Crippen molar-refractivity contribution in [2.24, 2.45) is 0 Å². The summed E-state index contributed by atoms with van der Waals surface area (Å²) in [5, 5.41) is 4.38. The molecule has 1 atom stereocenters. The van der Waals surface area contributed by atoms with Crippen molar-refractivity contribution in [3.8, 4) is 0 Å². The zero-order valence-corrected chi connectivity index (χ0v) is 14.3. The van der Waals surface area contributed by atoms with Crippen LogP contribution in [0.2, 0.25) is 0 Å². The summed E-state index contributed by atoms with van der Waals surface area (Å²) < 4.78 is 10.7. The largest absolute Gasteiger partial charge is 0.444 e. The van der Waals surface area contributed by atoms with Crippen LogP contribution in [0, 0.1) is 0 Å². The van der Waals surface area contributed by atoms with Crippen LogP contribution in [0.15, 0.2) is 12.3 Å². The van der Waals surface area contributed by atoms with Crippen LogP contribution in [0.25, 0.3) is 0 Å². The van der Waals surface area contributed by atoms with Crippen molar-refractivity contribution in [2.75, 3.05) is 13.1 Å². The Balaban J connectivity index is 1.72. The van der Waals surface area contributed by atoms with Gasteiger partial charge in [0.25, 0.3) is 0 Å². The highest BCUT2D eigenvalue weighted by atomic mass is 32.1. The molecule has 0 aliphatic carbocycles. The molecule has 3 rings (SSSR count). The van der Waals surface area contributed by atoms with Crippen LogP contribution in [-0.2, 0) is 16.7 Å². The van der Waals surface area contributed by atoms with Crippen LogP contribution in [0.3, 0.4) is 0 Å². The predicted octanol–water partition coefficient (Wildman–Crippen LogP) is 1.97. The third-order valence-corrected chi connectivity index (χ3v) is 5.02. The molecule has 1 amide bonds. The van der Waals surface area contributed by atoms with Crippen LogP contribution < -0.4 is 4.72 Å². The molecule has 1 spiro atoms. The lowest BCUT2D eigenvalue weighted by Crippen LogP contribution is -2.52. The molecule has 2 aliphatic rings. The quantitative estimate of drug-likeness (QED) is 0.776. The monoisotopic (exact) mass is 324 g/mol. The van der Waals surface area contributed by atoms with Gasteiger partial charge >= 0.3 is 6.09 Å². The summed E-state index contributed by atoms with van der Waals surface area (Å²) in [6.07, 6.45) is 3.43. The summed E-state index contributed by atoms with van der Waals surface area (Å²) in [6, 6.07) is 2.34. The molecule has 0 aromatic carbocycles. The molecule has 0 saturated carbocycles. The van der Waals surface area contributed by atoms with Crippen molar-refractivity contribution < 1.29 is 9.53 Å². The molecule has 1 aromatic rings. The number of likely N-dealkylation sites (tertiary alicyclic amines) is 1. The van der Waals surface area contributed by atoms with Gasteiger partial charge in [0.2, 0.25) is 0 Å². The van der Waals surface area contributed by atoms with Gasteiger partial charge in [-0.2, -0.15) is 5.10 Å². The van der Waals surface area contributed by atoms with E-state index in [1.54, 1.807) is 0 Å². The Morgan fingerprint density at radius 2 is 2.14 bits per heavy atom. The summed E-state index contributed by atoms with van der Waals surface area (Å²) in [7, 11) is 0. The molecule has 2 aliphatic heterocycles. The SMILES string of the molecule is CC(C)(C)OC(=O)N1CCC2(CC1)c1ccnn1CC2NS. The molecule has 1 aromatic heterocycles. The molecule has 7 heteroatoms. The number of nitrogens with zero attached hydrogens (tertiary/aromatic N) is 3. The van der Waals surface area contributed by atoms with Crippen LogP contribution in [0.4, 0.5) is 4.79 Å². The zero-order valence-electron chi connectivity index (χ0n) is 13.4. The van der Waals surface area contributed by atoms with E-state index < -0.39 is 5.60 Å². The number of amides is 1. The average molecular weight is 324 g/mol. The molecular weight excluding hydrogens is 300 g/mol. The minimum Gasteiger partial charge on any atom is -0.444 e. The lowest BCUT2D eigenvalue weighted by molar-refractivity contribution is 0.0152. The Kier molecular flexibility index (Phi) is 3.89. The Labute approximate surface area is 136 Å². The molecule has 1 unspecified atom stereocenters. The number of aromatic nitrogens is 2. The van der Waals surface area contributed by atoms with Gasteiger partial charge < -0.3 is 9.64 Å². The van der Waals surface area contributed by atoms with Crippen molar-refractivity contribution in [1.29, 1.82) is 0 Å². The van der Waals surface area contributed by atoms with E-state index in [9.17, 15) is 4.79 Å². The number of rotatable bonds is 1. The number of piperidine rings is 1. The fraction of sp³-hybridized carbons (Fsp3) is 0.733. The fourth-order valence-corrected chi connectivity index (χ4v) is 3.94. The standard InChI is InChI=1S/C15H24N4O2S/c1-14(2,3)21-13(20)18-8-5-15(6-9-18)11(17-22)10-19-12(15)4-7-16-19/h4,7,11,17,22H,5-6,8-10H2,1-3H3. The maximum absolute atomic E-state index is 12.2. The lowest BCUT2D eigenvalue weighted by atomic mass is 9.72. The van der Waals surface area contributed by atoms with Crippen molar-refractivity contribution in [3.05, 3.63) is 18.0 Å². The van der Waals surface area contributed by atoms with E-state index in [1.807, 2.05) is 31.9 Å². The topological polar surface area (TPSA) is 59.4 Å². The minimum absolute atomic E-state index is 0.0107. The first-order chi connectivity index (χ1) is 10.4. The number of carbonyl (C=O) groups is 1. The molecule has 1 N–H and O–H groups in total. The Morgan fingerprint density at radius 1 is 1.45 bits per heavy atom. The van der Waals surface area contributed by atoms with E-state index in [0.717, 1.165) is 19.4 Å². The van der Waals surface area contributed by atoms with Gasteiger partial charge in [0.1, 0.15) is 5.60 Å². The molecule has 0 radical (unpaired) electrons. The molecule has 22 heavy (non-hydrogen) atoms. The predicted molar refractivity (Wildman–Crippen MR) is 86.9 cm³/mol. The minimum atomic E-state index is -0.451. The van der Waals surface area contributed by atoms with Gasteiger partial charge in [-0.3, -0.25) is 9.40 Å². The second-order valence-electron chi connectivity index (χ2n) is 7.20. The first-order valence-corrected chi connectivity index (χ1v) is 8.20. The molecule has 6 nitrogen and oxygen atoms in total. The fourth-order valence-electron chi connectivity index (χ4n) is 3.61. The van der Waals surface area contributed by atoms with E-state index in [4.69, 9.17) is 4.74 Å². The van der Waals surface area contributed by atoms with Crippen LogP contribution in [0.5, 0.6) is 0 Å². The van der Waals surface area contributed by atoms with E-state index in [0.29, 0.717) is 13.1 Å². The van der Waals surface area contributed by atoms with Gasteiger partial charge in [-0.05, 0) is 39.7 Å². The Bertz CT molecular complexity index is 558. The maximum Gasteiger partial charge on any atom is 0.410 e. The number of thiol groups is 1. The number of carbonyl (C=O) groups excluding carboxylic acids is 1. The zero-order chi connectivity index (χ0) is 16.0. The van der Waals surface area contributed by atoms with Gasteiger partial charge in [0.15, 0.2) is 0 Å². The van der Waals surface area contributed by atoms with Crippen molar-refractivity contribution in [2.45, 2.75) is 57.2 Å². The summed E-state index contributed by atoms with van der Waals surface area (Å²) in [5.74, 6) is 0. The number of hydrogen-bond acceptors (Lipinski definition) is 5. The van der Waals surface area contributed by atoms with E-state index in [2.05, 4.69) is 33.4 Å². The summed E-state index contributed by atoms with van der Waals surface area (Å²) in [6.45, 7) is 7.92. The third kappa shape index (κ3) is 2.60. The Hall–Kier alpha value is -1.21. The number of ether oxygens (including phenoxy) is 1. The van der Waals surface area contributed by atoms with Gasteiger partial charge in [0.05, 0.1) is 6.54 Å². The van der Waals surface area contributed by atoms with Crippen molar-refractivity contribution in [3.63, 3.8) is 0 Å². The number of nitrogens with one attached hydrogen (secondary N) is 1.